The van der Waals surface area contributed by atoms with Gasteiger partial charge in [-0.05, 0) is 37.1 Å². The Morgan fingerprint density at radius 1 is 1.05 bits per heavy atom. The summed E-state index contributed by atoms with van der Waals surface area (Å²) >= 11 is 0. The topological polar surface area (TPSA) is 98.2 Å². The van der Waals surface area contributed by atoms with Crippen molar-refractivity contribution >= 4 is 17.5 Å². The third-order valence-electron chi connectivity index (χ3n) is 2.72. The van der Waals surface area contributed by atoms with Crippen molar-refractivity contribution in [3.63, 3.8) is 0 Å². The van der Waals surface area contributed by atoms with Crippen LogP contribution in [0.4, 0.5) is 5.69 Å². The van der Waals surface area contributed by atoms with Gasteiger partial charge < -0.3 is 16.8 Å². The highest BCUT2D eigenvalue weighted by molar-refractivity contribution is 5.90. The zero-order valence-corrected chi connectivity index (χ0v) is 11.0. The van der Waals surface area contributed by atoms with Crippen molar-refractivity contribution in [2.75, 3.05) is 11.9 Å². The summed E-state index contributed by atoms with van der Waals surface area (Å²) in [5.74, 6) is -0.364. The summed E-state index contributed by atoms with van der Waals surface area (Å²) in [6, 6.07) is 7.12. The van der Waals surface area contributed by atoms with Crippen LogP contribution in [-0.2, 0) is 16.0 Å². The molecule has 0 atom stereocenters. The van der Waals surface area contributed by atoms with Crippen LogP contribution in [0.1, 0.15) is 31.2 Å². The summed E-state index contributed by atoms with van der Waals surface area (Å²) in [6.07, 6.45) is 3.50. The maximum atomic E-state index is 11.6. The fraction of sp³-hybridized carbons (Fsp3) is 0.429. The Morgan fingerprint density at radius 3 is 2.32 bits per heavy atom. The molecule has 0 saturated carbocycles. The number of carbonyl (C=O) groups excluding carboxylic acids is 2. The van der Waals surface area contributed by atoms with Crippen molar-refractivity contribution in [2.24, 2.45) is 11.5 Å². The standard InChI is InChI=1S/C14H21N3O2/c15-9-3-1-2-4-14(19)17-12-7-5-11(6-8-12)10-13(16)18/h5-8H,1-4,9-10,15H2,(H2,16,18)(H,17,19). The smallest absolute Gasteiger partial charge is 0.224 e. The van der Waals surface area contributed by atoms with Crippen LogP contribution in [0.5, 0.6) is 0 Å². The maximum absolute atomic E-state index is 11.6. The van der Waals surface area contributed by atoms with E-state index in [-0.39, 0.29) is 18.2 Å². The molecule has 0 saturated heterocycles. The molecule has 5 N–H and O–H groups in total. The number of unbranched alkanes of at least 4 members (excludes halogenated alkanes) is 2. The molecule has 19 heavy (non-hydrogen) atoms. The van der Waals surface area contributed by atoms with E-state index < -0.39 is 0 Å². The van der Waals surface area contributed by atoms with Gasteiger partial charge in [0, 0.05) is 12.1 Å². The molecule has 0 unspecified atom stereocenters. The number of nitrogens with two attached hydrogens (primary N) is 2. The van der Waals surface area contributed by atoms with E-state index in [1.807, 2.05) is 0 Å². The largest absolute Gasteiger partial charge is 0.369 e. The van der Waals surface area contributed by atoms with E-state index in [0.717, 1.165) is 30.5 Å². The summed E-state index contributed by atoms with van der Waals surface area (Å²) in [5, 5.41) is 2.81. The number of carbonyl (C=O) groups is 2. The second-order valence-corrected chi connectivity index (χ2v) is 4.49. The van der Waals surface area contributed by atoms with Crippen LogP contribution in [0.25, 0.3) is 0 Å². The first-order chi connectivity index (χ1) is 9.11. The number of amides is 2. The first kappa shape index (κ1) is 15.2. The Balaban J connectivity index is 2.36. The molecular weight excluding hydrogens is 242 g/mol. The first-order valence-electron chi connectivity index (χ1n) is 6.49. The molecular formula is C14H21N3O2. The Kier molecular flexibility index (Phi) is 6.60. The second kappa shape index (κ2) is 8.26. The number of rotatable bonds is 8. The third-order valence-corrected chi connectivity index (χ3v) is 2.72. The zero-order chi connectivity index (χ0) is 14.1. The van der Waals surface area contributed by atoms with Crippen molar-refractivity contribution in [2.45, 2.75) is 32.1 Å². The van der Waals surface area contributed by atoms with E-state index in [0.29, 0.717) is 13.0 Å². The third kappa shape index (κ3) is 6.57. The van der Waals surface area contributed by atoms with E-state index >= 15 is 0 Å². The number of hydrogen-bond donors (Lipinski definition) is 3. The van der Waals surface area contributed by atoms with Crippen LogP contribution in [0.15, 0.2) is 24.3 Å². The fourth-order valence-electron chi connectivity index (χ4n) is 1.74. The predicted molar refractivity (Wildman–Crippen MR) is 75.5 cm³/mol. The average molecular weight is 263 g/mol. The molecule has 2 amide bonds. The fourth-order valence-corrected chi connectivity index (χ4v) is 1.74. The summed E-state index contributed by atoms with van der Waals surface area (Å²) in [7, 11) is 0. The van der Waals surface area contributed by atoms with Gasteiger partial charge in [-0.3, -0.25) is 9.59 Å². The van der Waals surface area contributed by atoms with Gasteiger partial charge in [0.1, 0.15) is 0 Å². The molecule has 104 valence electrons. The number of hydrogen-bond acceptors (Lipinski definition) is 3. The number of anilines is 1. The van der Waals surface area contributed by atoms with Crippen LogP contribution in [-0.4, -0.2) is 18.4 Å². The molecule has 0 aliphatic rings. The van der Waals surface area contributed by atoms with Crippen LogP contribution >= 0.6 is 0 Å². The maximum Gasteiger partial charge on any atom is 0.224 e. The van der Waals surface area contributed by atoms with E-state index in [2.05, 4.69) is 5.32 Å². The quantitative estimate of drug-likeness (QED) is 0.614. The lowest BCUT2D eigenvalue weighted by Crippen LogP contribution is -2.14. The minimum absolute atomic E-state index is 0.000303. The molecule has 5 nitrogen and oxygen atoms in total. The Hall–Kier alpha value is -1.88. The Morgan fingerprint density at radius 2 is 1.74 bits per heavy atom. The zero-order valence-electron chi connectivity index (χ0n) is 11.0. The van der Waals surface area contributed by atoms with E-state index in [9.17, 15) is 9.59 Å². The Labute approximate surface area is 113 Å². The molecule has 0 fully saturated rings. The summed E-state index contributed by atoms with van der Waals surface area (Å²) in [5.41, 5.74) is 12.1. The molecule has 0 spiro atoms. The lowest BCUT2D eigenvalue weighted by molar-refractivity contribution is -0.117. The number of primary amides is 1. The van der Waals surface area contributed by atoms with Crippen molar-refractivity contribution in [1.82, 2.24) is 0 Å². The van der Waals surface area contributed by atoms with Gasteiger partial charge in [-0.1, -0.05) is 18.6 Å². The molecule has 1 aromatic rings. The van der Waals surface area contributed by atoms with Gasteiger partial charge in [0.05, 0.1) is 6.42 Å². The first-order valence-corrected chi connectivity index (χ1v) is 6.49. The monoisotopic (exact) mass is 263 g/mol. The van der Waals surface area contributed by atoms with Gasteiger partial charge in [-0.25, -0.2) is 0 Å². The SMILES string of the molecule is NCCCCCC(=O)Nc1ccc(CC(N)=O)cc1. The van der Waals surface area contributed by atoms with Crippen LogP contribution in [0, 0.1) is 0 Å². The minimum Gasteiger partial charge on any atom is -0.369 e. The summed E-state index contributed by atoms with van der Waals surface area (Å²) in [6.45, 7) is 0.670. The van der Waals surface area contributed by atoms with Crippen LogP contribution < -0.4 is 16.8 Å². The van der Waals surface area contributed by atoms with Crippen LogP contribution in [0.2, 0.25) is 0 Å². The average Bonchev–Trinajstić information content (AvgIpc) is 2.36. The molecule has 0 heterocycles. The molecule has 5 heteroatoms. The minimum atomic E-state index is -0.364. The van der Waals surface area contributed by atoms with Crippen molar-refractivity contribution in [1.29, 1.82) is 0 Å². The molecule has 1 rings (SSSR count). The normalized spacial score (nSPS) is 10.2. The van der Waals surface area contributed by atoms with Gasteiger partial charge in [-0.15, -0.1) is 0 Å². The van der Waals surface area contributed by atoms with E-state index in [4.69, 9.17) is 11.5 Å². The van der Waals surface area contributed by atoms with Gasteiger partial charge >= 0.3 is 0 Å². The lowest BCUT2D eigenvalue weighted by Gasteiger charge is -2.06. The van der Waals surface area contributed by atoms with Gasteiger partial charge in [0.2, 0.25) is 11.8 Å². The second-order valence-electron chi connectivity index (χ2n) is 4.49. The predicted octanol–water partition coefficient (Wildman–Crippen LogP) is 1.17. The summed E-state index contributed by atoms with van der Waals surface area (Å²) < 4.78 is 0. The molecule has 0 aromatic heterocycles. The molecule has 0 radical (unpaired) electrons. The van der Waals surface area contributed by atoms with Crippen molar-refractivity contribution in [3.8, 4) is 0 Å². The molecule has 0 aliphatic carbocycles. The van der Waals surface area contributed by atoms with Crippen molar-refractivity contribution < 1.29 is 9.59 Å². The van der Waals surface area contributed by atoms with Crippen LogP contribution in [0.3, 0.4) is 0 Å². The highest BCUT2D eigenvalue weighted by atomic mass is 16.1. The van der Waals surface area contributed by atoms with Gasteiger partial charge in [0.25, 0.3) is 0 Å². The number of benzene rings is 1. The molecule has 0 aliphatic heterocycles. The van der Waals surface area contributed by atoms with E-state index in [1.165, 1.54) is 0 Å². The molecule has 1 aromatic carbocycles. The number of nitrogens with one attached hydrogen (secondary N) is 1. The van der Waals surface area contributed by atoms with Gasteiger partial charge in [0.15, 0.2) is 0 Å². The van der Waals surface area contributed by atoms with Gasteiger partial charge in [-0.2, -0.15) is 0 Å². The molecule has 0 bridgehead atoms. The summed E-state index contributed by atoms with van der Waals surface area (Å²) in [4.78, 5) is 22.4. The highest BCUT2D eigenvalue weighted by Gasteiger charge is 2.03. The van der Waals surface area contributed by atoms with Crippen molar-refractivity contribution in [3.05, 3.63) is 29.8 Å². The highest BCUT2D eigenvalue weighted by Crippen LogP contribution is 2.11. The van der Waals surface area contributed by atoms with E-state index in [1.54, 1.807) is 24.3 Å². The Bertz CT molecular complexity index is 415. The lowest BCUT2D eigenvalue weighted by atomic mass is 10.1.